The van der Waals surface area contributed by atoms with Gasteiger partial charge in [0.1, 0.15) is 5.75 Å². The van der Waals surface area contributed by atoms with Crippen LogP contribution in [0.15, 0.2) is 18.2 Å². The van der Waals surface area contributed by atoms with E-state index in [0.29, 0.717) is 12.2 Å². The molecular weight excluding hydrogens is 384 g/mol. The molecule has 3 heteroatoms. The van der Waals surface area contributed by atoms with Crippen molar-refractivity contribution in [3.8, 4) is 5.75 Å². The fourth-order valence-corrected chi connectivity index (χ4v) is 15.7. The first kappa shape index (κ1) is 22.4. The van der Waals surface area contributed by atoms with Crippen LogP contribution in [0.2, 0.25) is 16.6 Å². The third-order valence-electron chi connectivity index (χ3n) is 9.29. The lowest BCUT2D eigenvalue weighted by Gasteiger charge is -2.57. The van der Waals surface area contributed by atoms with Crippen LogP contribution in [-0.4, -0.2) is 22.0 Å². The molecule has 0 aliphatic heterocycles. The fourth-order valence-electron chi connectivity index (χ4n) is 8.90. The molecular formula is C27H44O2Si. The topological polar surface area (TPSA) is 18.5 Å². The second-order valence-electron chi connectivity index (χ2n) is 11.9. The molecule has 4 aliphatic carbocycles. The molecule has 1 aromatic carbocycles. The highest BCUT2D eigenvalue weighted by molar-refractivity contribution is 6.95. The van der Waals surface area contributed by atoms with E-state index in [1.54, 1.807) is 12.3 Å². The van der Waals surface area contributed by atoms with E-state index in [0.717, 1.165) is 40.1 Å². The van der Waals surface area contributed by atoms with Crippen molar-refractivity contribution in [3.05, 3.63) is 23.8 Å². The second-order valence-corrected chi connectivity index (χ2v) is 17.8. The lowest BCUT2D eigenvalue weighted by atomic mass is 9.48. The average molecular weight is 429 g/mol. The molecule has 4 aliphatic rings. The zero-order chi connectivity index (χ0) is 21.7. The van der Waals surface area contributed by atoms with E-state index in [-0.39, 0.29) is 0 Å². The van der Waals surface area contributed by atoms with Crippen LogP contribution in [0, 0.1) is 17.8 Å². The van der Waals surface area contributed by atoms with Gasteiger partial charge >= 0.3 is 0 Å². The van der Waals surface area contributed by atoms with Crippen molar-refractivity contribution in [3.63, 3.8) is 0 Å². The Bertz CT molecular complexity index is 694. The number of ether oxygens (including phenoxy) is 2. The Morgan fingerprint density at radius 1 is 0.867 bits per heavy atom. The number of hydrogen-bond acceptors (Lipinski definition) is 2. The molecule has 0 unspecified atom stereocenters. The quantitative estimate of drug-likeness (QED) is 0.327. The summed E-state index contributed by atoms with van der Waals surface area (Å²) in [4.78, 5) is 0. The van der Waals surface area contributed by atoms with E-state index >= 15 is 0 Å². The van der Waals surface area contributed by atoms with E-state index in [4.69, 9.17) is 9.47 Å². The van der Waals surface area contributed by atoms with Crippen LogP contribution in [0.4, 0.5) is 0 Å². The number of rotatable bonds is 8. The van der Waals surface area contributed by atoms with Crippen LogP contribution in [0.5, 0.6) is 5.75 Å². The summed E-state index contributed by atoms with van der Waals surface area (Å²) in [7, 11) is 0.0391. The number of benzene rings is 1. The molecule has 2 nitrogen and oxygen atoms in total. The Kier molecular flexibility index (Phi) is 6.18. The van der Waals surface area contributed by atoms with Gasteiger partial charge in [-0.3, -0.25) is 0 Å². The minimum absolute atomic E-state index is 0.346. The van der Waals surface area contributed by atoms with Crippen LogP contribution in [0.1, 0.15) is 85.6 Å². The SMILES string of the molecule is COCOc1ccc([Si](C(C)C)(C(C)C)C(C)C)cc1C12CC3CC(CC(C3)C1)C2. The summed E-state index contributed by atoms with van der Waals surface area (Å²) in [5.74, 6) is 3.93. The maximum absolute atomic E-state index is 6.22. The van der Waals surface area contributed by atoms with Gasteiger partial charge in [0.05, 0.1) is 8.07 Å². The highest BCUT2D eigenvalue weighted by atomic mass is 28.3. The van der Waals surface area contributed by atoms with Crippen molar-refractivity contribution in [1.29, 1.82) is 0 Å². The van der Waals surface area contributed by atoms with E-state index in [9.17, 15) is 0 Å². The summed E-state index contributed by atoms with van der Waals surface area (Å²) in [5.41, 5.74) is 4.07. The Morgan fingerprint density at radius 3 is 1.80 bits per heavy atom. The molecule has 0 radical (unpaired) electrons. The van der Waals surface area contributed by atoms with Crippen molar-refractivity contribution in [2.24, 2.45) is 17.8 Å². The van der Waals surface area contributed by atoms with Gasteiger partial charge in [-0.25, -0.2) is 0 Å². The predicted molar refractivity (Wildman–Crippen MR) is 129 cm³/mol. The zero-order valence-corrected chi connectivity index (χ0v) is 21.5. The van der Waals surface area contributed by atoms with Crippen LogP contribution in [0.3, 0.4) is 0 Å². The van der Waals surface area contributed by atoms with Crippen molar-refractivity contribution >= 4 is 13.3 Å². The first-order chi connectivity index (χ1) is 14.2. The maximum Gasteiger partial charge on any atom is 0.188 e. The molecule has 0 aromatic heterocycles. The predicted octanol–water partition coefficient (Wildman–Crippen LogP) is 7.02. The van der Waals surface area contributed by atoms with Crippen LogP contribution >= 0.6 is 0 Å². The first-order valence-corrected chi connectivity index (χ1v) is 14.7. The van der Waals surface area contributed by atoms with Gasteiger partial charge in [-0.05, 0) is 84.4 Å². The normalized spacial score (nSPS) is 30.7. The summed E-state index contributed by atoms with van der Waals surface area (Å²) >= 11 is 0. The molecule has 30 heavy (non-hydrogen) atoms. The average Bonchev–Trinajstić information content (AvgIpc) is 2.65. The van der Waals surface area contributed by atoms with Gasteiger partial charge in [-0.15, -0.1) is 0 Å². The largest absolute Gasteiger partial charge is 0.467 e. The van der Waals surface area contributed by atoms with Gasteiger partial charge in [0.25, 0.3) is 0 Å². The smallest absolute Gasteiger partial charge is 0.188 e. The van der Waals surface area contributed by atoms with Crippen molar-refractivity contribution < 1.29 is 9.47 Å². The minimum atomic E-state index is -1.69. The van der Waals surface area contributed by atoms with Crippen molar-refractivity contribution in [2.45, 2.75) is 102 Å². The Morgan fingerprint density at radius 2 is 1.37 bits per heavy atom. The second kappa shape index (κ2) is 8.28. The molecule has 4 saturated carbocycles. The molecule has 0 N–H and O–H groups in total. The standard InChI is InChI=1S/C27H44O2Si/c1-18(2)30(19(3)4,20(5)6)24-8-9-26(29-17-28-7)25(13-24)27-14-21-10-22(15-27)12-23(11-21)16-27/h8-9,13,18-23H,10-12,14-17H2,1-7H3. The highest BCUT2D eigenvalue weighted by Gasteiger charge is 2.53. The Labute approximate surface area is 186 Å². The lowest BCUT2D eigenvalue weighted by molar-refractivity contribution is -0.00878. The third kappa shape index (κ3) is 3.48. The van der Waals surface area contributed by atoms with E-state index in [2.05, 4.69) is 59.7 Å². The summed E-state index contributed by atoms with van der Waals surface area (Å²) in [6.45, 7) is 15.2. The maximum atomic E-state index is 6.22. The van der Waals surface area contributed by atoms with E-state index in [1.165, 1.54) is 44.1 Å². The molecule has 1 aromatic rings. The van der Waals surface area contributed by atoms with Gasteiger partial charge in [-0.1, -0.05) is 58.9 Å². The molecule has 168 valence electrons. The summed E-state index contributed by atoms with van der Waals surface area (Å²) in [6.07, 6.45) is 8.59. The molecule has 0 heterocycles. The molecule has 0 amide bonds. The molecule has 4 bridgehead atoms. The van der Waals surface area contributed by atoms with Crippen molar-refractivity contribution in [1.82, 2.24) is 0 Å². The van der Waals surface area contributed by atoms with E-state index in [1.807, 2.05) is 0 Å². The van der Waals surface area contributed by atoms with Gasteiger partial charge in [-0.2, -0.15) is 0 Å². The molecule has 0 spiro atoms. The fraction of sp³-hybridized carbons (Fsp3) is 0.778. The Balaban J connectivity index is 1.84. The molecule has 0 atom stereocenters. The lowest BCUT2D eigenvalue weighted by Crippen LogP contribution is -2.56. The summed E-state index contributed by atoms with van der Waals surface area (Å²) < 4.78 is 11.5. The summed E-state index contributed by atoms with van der Waals surface area (Å²) in [6, 6.07) is 7.41. The Hall–Kier alpha value is -0.803. The molecule has 0 saturated heterocycles. The monoisotopic (exact) mass is 428 g/mol. The molecule has 5 rings (SSSR count). The third-order valence-corrected chi connectivity index (χ3v) is 16.3. The van der Waals surface area contributed by atoms with Gasteiger partial charge in [0, 0.05) is 12.7 Å². The summed E-state index contributed by atoms with van der Waals surface area (Å²) in [5, 5.41) is 1.66. The van der Waals surface area contributed by atoms with E-state index < -0.39 is 8.07 Å². The number of methoxy groups -OCH3 is 1. The van der Waals surface area contributed by atoms with Crippen LogP contribution in [-0.2, 0) is 10.2 Å². The first-order valence-electron chi connectivity index (χ1n) is 12.5. The van der Waals surface area contributed by atoms with Crippen LogP contribution < -0.4 is 9.92 Å². The van der Waals surface area contributed by atoms with Gasteiger partial charge in [0.2, 0.25) is 0 Å². The van der Waals surface area contributed by atoms with Gasteiger partial charge in [0.15, 0.2) is 6.79 Å². The van der Waals surface area contributed by atoms with Gasteiger partial charge < -0.3 is 9.47 Å². The highest BCUT2D eigenvalue weighted by Crippen LogP contribution is 2.62. The molecule has 4 fully saturated rings. The van der Waals surface area contributed by atoms with Crippen LogP contribution in [0.25, 0.3) is 0 Å². The minimum Gasteiger partial charge on any atom is -0.467 e. The van der Waals surface area contributed by atoms with Crippen molar-refractivity contribution in [2.75, 3.05) is 13.9 Å². The zero-order valence-electron chi connectivity index (χ0n) is 20.5. The number of hydrogen-bond donors (Lipinski definition) is 0.